The lowest BCUT2D eigenvalue weighted by Gasteiger charge is -2.53. The van der Waals surface area contributed by atoms with E-state index in [1.54, 1.807) is 24.3 Å². The van der Waals surface area contributed by atoms with Crippen LogP contribution in [-0.4, -0.2) is 55.2 Å². The Hall–Kier alpha value is -3.43. The lowest BCUT2D eigenvalue weighted by atomic mass is 9.90. The third-order valence-corrected chi connectivity index (χ3v) is 7.82. The zero-order chi connectivity index (χ0) is 28.8. The topological polar surface area (TPSA) is 95.5 Å². The molecule has 8 nitrogen and oxygen atoms in total. The highest BCUT2D eigenvalue weighted by Crippen LogP contribution is 2.45. The summed E-state index contributed by atoms with van der Waals surface area (Å²) in [7, 11) is 0. The number of hydrogen-bond acceptors (Lipinski definition) is 7. The first-order chi connectivity index (χ1) is 19.6. The fourth-order valence-corrected chi connectivity index (χ4v) is 5.75. The van der Waals surface area contributed by atoms with Crippen LogP contribution >= 0.6 is 0 Å². The summed E-state index contributed by atoms with van der Waals surface area (Å²) < 4.78 is 29.8. The largest absolute Gasteiger partial charge is 0.488 e. The fourth-order valence-electron chi connectivity index (χ4n) is 5.75. The minimum Gasteiger partial charge on any atom is -0.488 e. The summed E-state index contributed by atoms with van der Waals surface area (Å²) in [4.78, 5) is 13.3. The standard InChI is InChI=1S/C33H37NO7/c1-31(2,3)41-22-15-13-21(14-16-22)28(35)29(33-38-18-32(4,19-39-33)20-40-33)34-30(36)37-17-27-25-11-7-5-9-23(25)24-10-6-8-12-26(24)27/h5-16,27-29,35H,17-20H2,1-4H3,(H,34,36)/t28-,29-,32?,33?/m1/s1. The molecule has 4 aliphatic rings. The highest BCUT2D eigenvalue weighted by molar-refractivity contribution is 5.79. The van der Waals surface area contributed by atoms with E-state index >= 15 is 0 Å². The predicted octanol–water partition coefficient (Wildman–Crippen LogP) is 5.54. The van der Waals surface area contributed by atoms with Crippen molar-refractivity contribution in [3.63, 3.8) is 0 Å². The number of hydrogen-bond donors (Lipinski definition) is 2. The highest BCUT2D eigenvalue weighted by Gasteiger charge is 2.57. The molecular weight excluding hydrogens is 522 g/mol. The van der Waals surface area contributed by atoms with Gasteiger partial charge in [-0.05, 0) is 60.7 Å². The van der Waals surface area contributed by atoms with Crippen LogP contribution in [0.25, 0.3) is 11.1 Å². The normalized spacial score (nSPS) is 24.7. The number of nitrogens with one attached hydrogen (secondary N) is 1. The molecule has 7 rings (SSSR count). The maximum absolute atomic E-state index is 13.3. The summed E-state index contributed by atoms with van der Waals surface area (Å²) in [5, 5.41) is 14.4. The molecule has 0 aromatic heterocycles. The number of aliphatic hydroxyl groups excluding tert-OH is 1. The Kier molecular flexibility index (Phi) is 7.06. The van der Waals surface area contributed by atoms with Gasteiger partial charge < -0.3 is 34.1 Å². The van der Waals surface area contributed by atoms with Gasteiger partial charge in [-0.25, -0.2) is 4.79 Å². The van der Waals surface area contributed by atoms with Gasteiger partial charge in [-0.3, -0.25) is 0 Å². The van der Waals surface area contributed by atoms with Crippen molar-refractivity contribution in [2.24, 2.45) is 5.41 Å². The Labute approximate surface area is 240 Å². The van der Waals surface area contributed by atoms with Crippen LogP contribution in [0, 0.1) is 5.41 Å². The molecule has 0 unspecified atom stereocenters. The molecule has 3 heterocycles. The number of fused-ring (bicyclic) bond motifs is 6. The Balaban J connectivity index is 1.21. The molecular formula is C33H37NO7. The van der Waals surface area contributed by atoms with E-state index in [-0.39, 0.29) is 23.5 Å². The van der Waals surface area contributed by atoms with E-state index in [1.807, 2.05) is 52.0 Å². The summed E-state index contributed by atoms with van der Waals surface area (Å²) in [5.41, 5.74) is 4.41. The molecule has 216 valence electrons. The quantitative estimate of drug-likeness (QED) is 0.392. The monoisotopic (exact) mass is 559 g/mol. The van der Waals surface area contributed by atoms with Crippen LogP contribution < -0.4 is 10.1 Å². The number of benzene rings is 3. The maximum Gasteiger partial charge on any atom is 0.407 e. The number of carbonyl (C=O) groups excluding carboxylic acids is 1. The predicted molar refractivity (Wildman–Crippen MR) is 152 cm³/mol. The number of rotatable bonds is 7. The van der Waals surface area contributed by atoms with Gasteiger partial charge >= 0.3 is 12.1 Å². The van der Waals surface area contributed by atoms with Crippen molar-refractivity contribution in [1.29, 1.82) is 0 Å². The Morgan fingerprint density at radius 2 is 1.46 bits per heavy atom. The molecule has 2 bridgehead atoms. The van der Waals surface area contributed by atoms with Crippen molar-refractivity contribution in [2.75, 3.05) is 26.4 Å². The third kappa shape index (κ3) is 5.45. The number of amides is 1. The lowest BCUT2D eigenvalue weighted by molar-refractivity contribution is -0.478. The van der Waals surface area contributed by atoms with Crippen LogP contribution in [0.2, 0.25) is 0 Å². The minimum absolute atomic E-state index is 0.0983. The zero-order valence-electron chi connectivity index (χ0n) is 23.9. The summed E-state index contributed by atoms with van der Waals surface area (Å²) >= 11 is 0. The molecule has 1 amide bonds. The van der Waals surface area contributed by atoms with E-state index in [9.17, 15) is 9.90 Å². The van der Waals surface area contributed by atoms with Crippen LogP contribution in [0.5, 0.6) is 5.75 Å². The Bertz CT molecular complexity index is 1340. The summed E-state index contributed by atoms with van der Waals surface area (Å²) in [5.74, 6) is -1.08. The van der Waals surface area contributed by atoms with Crippen molar-refractivity contribution in [3.05, 3.63) is 89.5 Å². The van der Waals surface area contributed by atoms with Gasteiger partial charge in [-0.2, -0.15) is 0 Å². The van der Waals surface area contributed by atoms with Crippen molar-refractivity contribution >= 4 is 6.09 Å². The molecule has 3 fully saturated rings. The molecule has 0 radical (unpaired) electrons. The molecule has 3 saturated heterocycles. The van der Waals surface area contributed by atoms with E-state index in [0.717, 1.165) is 22.3 Å². The van der Waals surface area contributed by atoms with Crippen molar-refractivity contribution in [1.82, 2.24) is 5.32 Å². The first kappa shape index (κ1) is 27.7. The molecule has 2 N–H and O–H groups in total. The van der Waals surface area contributed by atoms with E-state index < -0.39 is 24.2 Å². The first-order valence-electron chi connectivity index (χ1n) is 14.1. The van der Waals surface area contributed by atoms with Gasteiger partial charge in [0.1, 0.15) is 30.1 Å². The molecule has 0 saturated carbocycles. The van der Waals surface area contributed by atoms with Crippen molar-refractivity contribution in [2.45, 2.75) is 57.3 Å². The fraction of sp³-hybridized carbons (Fsp3) is 0.424. The van der Waals surface area contributed by atoms with E-state index in [1.165, 1.54) is 0 Å². The van der Waals surface area contributed by atoms with Crippen molar-refractivity contribution in [3.8, 4) is 16.9 Å². The Morgan fingerprint density at radius 1 is 0.927 bits per heavy atom. The van der Waals surface area contributed by atoms with E-state index in [2.05, 4.69) is 29.6 Å². The van der Waals surface area contributed by atoms with Gasteiger partial charge in [-0.15, -0.1) is 0 Å². The molecule has 0 spiro atoms. The molecule has 8 heteroatoms. The highest BCUT2D eigenvalue weighted by atomic mass is 16.9. The molecule has 3 aromatic rings. The van der Waals surface area contributed by atoms with Gasteiger partial charge in [0, 0.05) is 11.3 Å². The van der Waals surface area contributed by atoms with Gasteiger partial charge in [0.2, 0.25) is 0 Å². The van der Waals surface area contributed by atoms with Crippen molar-refractivity contribution < 1.29 is 33.6 Å². The maximum atomic E-state index is 13.3. The third-order valence-electron chi connectivity index (χ3n) is 7.82. The number of alkyl carbamates (subject to hydrolysis) is 1. The smallest absolute Gasteiger partial charge is 0.407 e. The van der Waals surface area contributed by atoms with E-state index in [0.29, 0.717) is 31.1 Å². The van der Waals surface area contributed by atoms with Crippen LogP contribution in [-0.2, 0) is 18.9 Å². The number of carbonyl (C=O) groups is 1. The van der Waals surface area contributed by atoms with Gasteiger partial charge in [0.25, 0.3) is 0 Å². The van der Waals surface area contributed by atoms with Crippen LogP contribution in [0.4, 0.5) is 4.79 Å². The second kappa shape index (κ2) is 10.4. The average Bonchev–Trinajstić information content (AvgIpc) is 3.28. The van der Waals surface area contributed by atoms with Crippen LogP contribution in [0.15, 0.2) is 72.8 Å². The zero-order valence-corrected chi connectivity index (χ0v) is 23.9. The van der Waals surface area contributed by atoms with Gasteiger partial charge in [-0.1, -0.05) is 67.6 Å². The van der Waals surface area contributed by atoms with Gasteiger partial charge in [0.15, 0.2) is 0 Å². The molecule has 2 atom stereocenters. The summed E-state index contributed by atoms with van der Waals surface area (Å²) in [6.07, 6.45) is -1.92. The summed E-state index contributed by atoms with van der Waals surface area (Å²) in [6, 6.07) is 22.3. The number of aliphatic hydroxyl groups is 1. The molecule has 3 aromatic carbocycles. The average molecular weight is 560 g/mol. The molecule has 1 aliphatic carbocycles. The second-order valence-corrected chi connectivity index (χ2v) is 12.5. The second-order valence-electron chi connectivity index (χ2n) is 12.5. The Morgan fingerprint density at radius 3 is 2.00 bits per heavy atom. The van der Waals surface area contributed by atoms with E-state index in [4.69, 9.17) is 23.7 Å². The SMILES string of the molecule is CC12COC([C@H](NC(=O)OCC3c4ccccc4-c4ccccc43)[C@H](O)c3ccc(OC(C)(C)C)cc3)(OC1)OC2. The van der Waals surface area contributed by atoms with Crippen LogP contribution in [0.1, 0.15) is 56.4 Å². The van der Waals surface area contributed by atoms with Crippen LogP contribution in [0.3, 0.4) is 0 Å². The minimum atomic E-state index is -1.65. The molecule has 41 heavy (non-hydrogen) atoms. The lowest BCUT2D eigenvalue weighted by Crippen LogP contribution is -2.68. The summed E-state index contributed by atoms with van der Waals surface area (Å²) in [6.45, 7) is 9.17. The first-order valence-corrected chi connectivity index (χ1v) is 14.1. The molecule has 3 aliphatic heterocycles. The number of ether oxygens (including phenoxy) is 5. The van der Waals surface area contributed by atoms with Gasteiger partial charge in [0.05, 0.1) is 19.8 Å².